The second-order valence-corrected chi connectivity index (χ2v) is 5.65. The summed E-state index contributed by atoms with van der Waals surface area (Å²) in [6, 6.07) is 11.9. The summed E-state index contributed by atoms with van der Waals surface area (Å²) in [6.45, 7) is 0.272. The zero-order valence-electron chi connectivity index (χ0n) is 12.3. The maximum absolute atomic E-state index is 11.4. The van der Waals surface area contributed by atoms with Gasteiger partial charge in [-0.25, -0.2) is 0 Å². The highest BCUT2D eigenvalue weighted by Crippen LogP contribution is 2.30. The van der Waals surface area contributed by atoms with Gasteiger partial charge in [0, 0.05) is 16.7 Å². The van der Waals surface area contributed by atoms with Crippen molar-refractivity contribution in [1.82, 2.24) is 14.8 Å². The fraction of sp³-hybridized carbons (Fsp3) is 0.0625. The van der Waals surface area contributed by atoms with Crippen molar-refractivity contribution in [3.05, 3.63) is 80.9 Å². The largest absolute Gasteiger partial charge is 0.283 e. The van der Waals surface area contributed by atoms with Crippen LogP contribution in [0.25, 0.3) is 5.69 Å². The first-order chi connectivity index (χ1) is 11.6. The molecule has 1 aliphatic rings. The minimum absolute atomic E-state index is 0.000147. The minimum atomic E-state index is -0.410. The number of hydrogen-bond acceptors (Lipinski definition) is 5. The van der Waals surface area contributed by atoms with Crippen LogP contribution in [0.2, 0.25) is 5.02 Å². The Morgan fingerprint density at radius 1 is 1.17 bits per heavy atom. The topological polar surface area (TPSA) is 86.2 Å². The van der Waals surface area contributed by atoms with Crippen molar-refractivity contribution in [2.75, 3.05) is 0 Å². The van der Waals surface area contributed by atoms with Crippen molar-refractivity contribution in [1.29, 1.82) is 0 Å². The second-order valence-electron chi connectivity index (χ2n) is 5.22. The number of nitro groups is 1. The van der Waals surface area contributed by atoms with Crippen LogP contribution < -0.4 is 0 Å². The van der Waals surface area contributed by atoms with E-state index in [4.69, 9.17) is 11.6 Å². The summed E-state index contributed by atoms with van der Waals surface area (Å²) < 4.78 is 1.82. The lowest BCUT2D eigenvalue weighted by molar-refractivity contribution is -0.385. The second kappa shape index (κ2) is 5.54. The van der Waals surface area contributed by atoms with Crippen LogP contribution in [0, 0.1) is 10.1 Å². The van der Waals surface area contributed by atoms with Gasteiger partial charge in [-0.2, -0.15) is 0 Å². The van der Waals surface area contributed by atoms with Gasteiger partial charge in [-0.05, 0) is 24.3 Å². The third-order valence-corrected chi connectivity index (χ3v) is 4.06. The molecular formula is C16H10ClN5O2. The van der Waals surface area contributed by atoms with Gasteiger partial charge in [-0.1, -0.05) is 23.7 Å². The van der Waals surface area contributed by atoms with Gasteiger partial charge >= 0.3 is 0 Å². The van der Waals surface area contributed by atoms with Crippen molar-refractivity contribution < 1.29 is 4.92 Å². The van der Waals surface area contributed by atoms with Crippen LogP contribution in [0.1, 0.15) is 17.0 Å². The quantitative estimate of drug-likeness (QED) is 0.530. The molecule has 8 heteroatoms. The molecular weight excluding hydrogens is 330 g/mol. The van der Waals surface area contributed by atoms with E-state index in [0.29, 0.717) is 27.7 Å². The van der Waals surface area contributed by atoms with Gasteiger partial charge in [-0.3, -0.25) is 19.7 Å². The first-order valence-corrected chi connectivity index (χ1v) is 7.50. The molecule has 0 fully saturated rings. The molecule has 0 bridgehead atoms. The van der Waals surface area contributed by atoms with Crippen LogP contribution in [0.4, 0.5) is 5.69 Å². The normalized spacial score (nSPS) is 12.8. The summed E-state index contributed by atoms with van der Waals surface area (Å²) in [4.78, 5) is 15.5. The molecule has 0 unspecified atom stereocenters. The highest BCUT2D eigenvalue weighted by Gasteiger charge is 2.24. The maximum atomic E-state index is 11.4. The SMILES string of the molecule is O=[N+]([O-])c1ccccc1C1=NCc2nncn2-c2ccc(Cl)cc21. The van der Waals surface area contributed by atoms with Gasteiger partial charge in [0.25, 0.3) is 5.69 Å². The number of nitro benzene ring substituents is 1. The Balaban J connectivity index is 2.01. The first kappa shape index (κ1) is 14.5. The predicted octanol–water partition coefficient (Wildman–Crippen LogP) is 3.18. The van der Waals surface area contributed by atoms with E-state index < -0.39 is 4.92 Å². The molecule has 0 atom stereocenters. The highest BCUT2D eigenvalue weighted by atomic mass is 35.5. The number of aromatic nitrogens is 3. The molecule has 2 aromatic carbocycles. The minimum Gasteiger partial charge on any atom is -0.283 e. The third kappa shape index (κ3) is 2.26. The third-order valence-electron chi connectivity index (χ3n) is 3.83. The molecule has 0 amide bonds. The van der Waals surface area contributed by atoms with Crippen molar-refractivity contribution in [3.63, 3.8) is 0 Å². The van der Waals surface area contributed by atoms with Crippen LogP contribution >= 0.6 is 11.6 Å². The monoisotopic (exact) mass is 339 g/mol. The lowest BCUT2D eigenvalue weighted by Crippen LogP contribution is -2.09. The summed E-state index contributed by atoms with van der Waals surface area (Å²) >= 11 is 6.16. The van der Waals surface area contributed by atoms with E-state index >= 15 is 0 Å². The van der Waals surface area contributed by atoms with Crippen molar-refractivity contribution >= 4 is 23.0 Å². The Morgan fingerprint density at radius 3 is 2.83 bits per heavy atom. The molecule has 0 radical (unpaired) electrons. The van der Waals surface area contributed by atoms with Gasteiger partial charge in [0.2, 0.25) is 0 Å². The molecule has 0 N–H and O–H groups in total. The molecule has 4 rings (SSSR count). The number of benzene rings is 2. The zero-order valence-corrected chi connectivity index (χ0v) is 13.0. The highest BCUT2D eigenvalue weighted by molar-refractivity contribution is 6.31. The number of fused-ring (bicyclic) bond motifs is 3. The molecule has 2 heterocycles. The van der Waals surface area contributed by atoms with Crippen LogP contribution in [-0.4, -0.2) is 25.4 Å². The van der Waals surface area contributed by atoms with Crippen molar-refractivity contribution in [2.24, 2.45) is 4.99 Å². The summed E-state index contributed by atoms with van der Waals surface area (Å²) in [5.41, 5.74) is 2.46. The summed E-state index contributed by atoms with van der Waals surface area (Å²) in [5, 5.41) is 19.9. The molecule has 1 aliphatic heterocycles. The molecule has 7 nitrogen and oxygen atoms in total. The number of para-hydroxylation sites is 1. The smallest absolute Gasteiger partial charge is 0.278 e. The summed E-state index contributed by atoms with van der Waals surface area (Å²) in [7, 11) is 0. The number of nitrogens with zero attached hydrogens (tertiary/aromatic N) is 5. The number of rotatable bonds is 2. The molecule has 3 aromatic rings. The van der Waals surface area contributed by atoms with Crippen LogP contribution in [0.15, 0.2) is 53.8 Å². The van der Waals surface area contributed by atoms with Gasteiger partial charge in [-0.15, -0.1) is 10.2 Å². The van der Waals surface area contributed by atoms with E-state index in [9.17, 15) is 10.1 Å². The van der Waals surface area contributed by atoms with E-state index in [1.807, 2.05) is 10.6 Å². The molecule has 118 valence electrons. The lowest BCUT2D eigenvalue weighted by atomic mass is 9.99. The summed E-state index contributed by atoms with van der Waals surface area (Å²) in [6.07, 6.45) is 1.60. The van der Waals surface area contributed by atoms with E-state index in [1.54, 1.807) is 36.7 Å². The predicted molar refractivity (Wildman–Crippen MR) is 88.8 cm³/mol. The van der Waals surface area contributed by atoms with E-state index in [0.717, 1.165) is 5.69 Å². The Kier molecular flexibility index (Phi) is 3.35. The Hall–Kier alpha value is -3.06. The van der Waals surface area contributed by atoms with Crippen molar-refractivity contribution in [3.8, 4) is 5.69 Å². The average molecular weight is 340 g/mol. The number of halogens is 1. The van der Waals surface area contributed by atoms with Gasteiger partial charge in [0.15, 0.2) is 5.82 Å². The fourth-order valence-corrected chi connectivity index (χ4v) is 2.95. The average Bonchev–Trinajstić information content (AvgIpc) is 2.98. The fourth-order valence-electron chi connectivity index (χ4n) is 2.77. The Bertz CT molecular complexity index is 996. The Morgan fingerprint density at radius 2 is 2.00 bits per heavy atom. The van der Waals surface area contributed by atoms with E-state index in [-0.39, 0.29) is 12.2 Å². The molecule has 0 saturated carbocycles. The van der Waals surface area contributed by atoms with Crippen LogP contribution in [-0.2, 0) is 6.54 Å². The summed E-state index contributed by atoms with van der Waals surface area (Å²) in [5.74, 6) is 0.659. The first-order valence-electron chi connectivity index (χ1n) is 7.12. The number of hydrogen-bond donors (Lipinski definition) is 0. The van der Waals surface area contributed by atoms with Crippen LogP contribution in [0.3, 0.4) is 0 Å². The molecule has 24 heavy (non-hydrogen) atoms. The van der Waals surface area contributed by atoms with Crippen LogP contribution in [0.5, 0.6) is 0 Å². The van der Waals surface area contributed by atoms with Gasteiger partial charge in [0.1, 0.15) is 12.9 Å². The maximum Gasteiger partial charge on any atom is 0.278 e. The lowest BCUT2D eigenvalue weighted by Gasteiger charge is -2.11. The molecule has 1 aromatic heterocycles. The Labute approximate surface area is 141 Å². The standard InChI is InChI=1S/C16H10ClN5O2/c17-10-5-6-13-12(7-10)16(18-8-15-20-19-9-21(13)15)11-3-1-2-4-14(11)22(23)24/h1-7,9H,8H2. The molecule has 0 aliphatic carbocycles. The molecule has 0 saturated heterocycles. The van der Waals surface area contributed by atoms with Crippen molar-refractivity contribution in [2.45, 2.75) is 6.54 Å². The van der Waals surface area contributed by atoms with Gasteiger partial charge in [0.05, 0.1) is 21.9 Å². The van der Waals surface area contributed by atoms with E-state index in [2.05, 4.69) is 15.2 Å². The molecule has 0 spiro atoms. The number of aliphatic imine (C=N–C) groups is 1. The van der Waals surface area contributed by atoms with Gasteiger partial charge < -0.3 is 0 Å². The zero-order chi connectivity index (χ0) is 16.7. The van der Waals surface area contributed by atoms with E-state index in [1.165, 1.54) is 6.07 Å².